The van der Waals surface area contributed by atoms with Crippen LogP contribution in [0.3, 0.4) is 0 Å². The number of hydrogen-bond acceptors (Lipinski definition) is 3. The Morgan fingerprint density at radius 2 is 2.17 bits per heavy atom. The van der Waals surface area contributed by atoms with Crippen molar-refractivity contribution in [3.63, 3.8) is 0 Å². The second kappa shape index (κ2) is 7.16. The number of carbonyl (C=O) groups excluding carboxylic acids is 1. The van der Waals surface area contributed by atoms with E-state index >= 15 is 0 Å². The maximum Gasteiger partial charge on any atom is 0.306 e. The molecule has 0 fully saturated rings. The third-order valence-electron chi connectivity index (χ3n) is 2.44. The normalized spacial score (nSPS) is 11.9. The largest absolute Gasteiger partial charge is 0.481 e. The third-order valence-corrected chi connectivity index (χ3v) is 2.93. The van der Waals surface area contributed by atoms with Crippen molar-refractivity contribution in [3.05, 3.63) is 34.3 Å². The smallest absolute Gasteiger partial charge is 0.306 e. The van der Waals surface area contributed by atoms with E-state index in [0.717, 1.165) is 10.0 Å². The molecule has 18 heavy (non-hydrogen) atoms. The second-order valence-corrected chi connectivity index (χ2v) is 4.96. The zero-order valence-corrected chi connectivity index (χ0v) is 11.6. The lowest BCUT2D eigenvalue weighted by Crippen LogP contribution is -2.17. The fraction of sp³-hybridized carbons (Fsp3) is 0.385. The van der Waals surface area contributed by atoms with Gasteiger partial charge in [-0.25, -0.2) is 0 Å². The number of ether oxygens (including phenoxy) is 1. The highest BCUT2D eigenvalue weighted by atomic mass is 79.9. The molecule has 0 unspecified atom stereocenters. The molecule has 4 nitrogen and oxygen atoms in total. The van der Waals surface area contributed by atoms with E-state index in [2.05, 4.69) is 15.9 Å². The standard InChI is InChI=1S/C13H15BrO4/c1-9(13(16)17)7-12(15)18-6-5-10-3-2-4-11(14)8-10/h2-4,8-9H,5-7H2,1H3,(H,16,17)/t9-/m1/s1. The Bertz CT molecular complexity index is 431. The predicted molar refractivity (Wildman–Crippen MR) is 70.2 cm³/mol. The number of aliphatic carboxylic acids is 1. The number of carbonyl (C=O) groups is 2. The summed E-state index contributed by atoms with van der Waals surface area (Å²) < 4.78 is 5.97. The summed E-state index contributed by atoms with van der Waals surface area (Å²) in [4.78, 5) is 21.9. The van der Waals surface area contributed by atoms with Crippen molar-refractivity contribution in [2.24, 2.45) is 5.92 Å². The SMILES string of the molecule is C[C@H](CC(=O)OCCc1cccc(Br)c1)C(=O)O. The molecular formula is C13H15BrO4. The zero-order valence-electron chi connectivity index (χ0n) is 10.1. The Morgan fingerprint density at radius 3 is 2.78 bits per heavy atom. The van der Waals surface area contributed by atoms with Crippen LogP contribution >= 0.6 is 15.9 Å². The van der Waals surface area contributed by atoms with Gasteiger partial charge in [0.15, 0.2) is 0 Å². The summed E-state index contributed by atoms with van der Waals surface area (Å²) in [7, 11) is 0. The van der Waals surface area contributed by atoms with Crippen LogP contribution < -0.4 is 0 Å². The van der Waals surface area contributed by atoms with Crippen LogP contribution in [0.15, 0.2) is 28.7 Å². The van der Waals surface area contributed by atoms with Crippen LogP contribution in [0.1, 0.15) is 18.9 Å². The predicted octanol–water partition coefficient (Wildman–Crippen LogP) is 2.65. The van der Waals surface area contributed by atoms with Gasteiger partial charge in [-0.05, 0) is 17.7 Å². The van der Waals surface area contributed by atoms with Crippen LogP contribution in [-0.4, -0.2) is 23.7 Å². The van der Waals surface area contributed by atoms with E-state index in [4.69, 9.17) is 9.84 Å². The van der Waals surface area contributed by atoms with Crippen molar-refractivity contribution < 1.29 is 19.4 Å². The van der Waals surface area contributed by atoms with Crippen LogP contribution in [0.4, 0.5) is 0 Å². The molecule has 0 aliphatic carbocycles. The van der Waals surface area contributed by atoms with Gasteiger partial charge in [-0.2, -0.15) is 0 Å². The molecule has 1 aromatic carbocycles. The van der Waals surface area contributed by atoms with Gasteiger partial charge in [-0.15, -0.1) is 0 Å². The van der Waals surface area contributed by atoms with E-state index in [9.17, 15) is 9.59 Å². The minimum Gasteiger partial charge on any atom is -0.481 e. The van der Waals surface area contributed by atoms with Gasteiger partial charge in [0.2, 0.25) is 0 Å². The lowest BCUT2D eigenvalue weighted by Gasteiger charge is -2.07. The van der Waals surface area contributed by atoms with Crippen molar-refractivity contribution in [2.75, 3.05) is 6.61 Å². The van der Waals surface area contributed by atoms with Crippen molar-refractivity contribution >= 4 is 27.9 Å². The van der Waals surface area contributed by atoms with Crippen molar-refractivity contribution in [1.82, 2.24) is 0 Å². The second-order valence-electron chi connectivity index (χ2n) is 4.04. The van der Waals surface area contributed by atoms with Gasteiger partial charge in [-0.3, -0.25) is 9.59 Å². The molecule has 0 aliphatic rings. The van der Waals surface area contributed by atoms with Crippen LogP contribution in [-0.2, 0) is 20.7 Å². The Kier molecular flexibility index (Phi) is 5.85. The molecule has 0 aromatic heterocycles. The molecule has 0 bridgehead atoms. The maximum atomic E-state index is 11.3. The summed E-state index contributed by atoms with van der Waals surface area (Å²) in [5.41, 5.74) is 1.06. The highest BCUT2D eigenvalue weighted by Crippen LogP contribution is 2.12. The fourth-order valence-electron chi connectivity index (χ4n) is 1.37. The van der Waals surface area contributed by atoms with Crippen LogP contribution in [0.2, 0.25) is 0 Å². The first-order valence-corrected chi connectivity index (χ1v) is 6.41. The quantitative estimate of drug-likeness (QED) is 0.820. The molecule has 0 radical (unpaired) electrons. The van der Waals surface area contributed by atoms with Crippen LogP contribution in [0.25, 0.3) is 0 Å². The molecule has 0 heterocycles. The lowest BCUT2D eigenvalue weighted by molar-refractivity contribution is -0.151. The zero-order chi connectivity index (χ0) is 13.5. The molecule has 1 N–H and O–H groups in total. The summed E-state index contributed by atoms with van der Waals surface area (Å²) in [6, 6.07) is 7.73. The maximum absolute atomic E-state index is 11.3. The number of carboxylic acids is 1. The molecular weight excluding hydrogens is 300 g/mol. The number of hydrogen-bond donors (Lipinski definition) is 1. The Hall–Kier alpha value is -1.36. The van der Waals surface area contributed by atoms with E-state index < -0.39 is 17.9 Å². The number of benzene rings is 1. The van der Waals surface area contributed by atoms with E-state index in [1.807, 2.05) is 24.3 Å². The van der Waals surface area contributed by atoms with Gasteiger partial charge in [0.1, 0.15) is 0 Å². The highest BCUT2D eigenvalue weighted by molar-refractivity contribution is 9.10. The average molecular weight is 315 g/mol. The molecule has 1 atom stereocenters. The summed E-state index contributed by atoms with van der Waals surface area (Å²) in [5, 5.41) is 8.65. The Labute approximate surface area is 114 Å². The van der Waals surface area contributed by atoms with Gasteiger partial charge in [-0.1, -0.05) is 35.0 Å². The first-order chi connectivity index (χ1) is 8.49. The fourth-order valence-corrected chi connectivity index (χ4v) is 1.82. The highest BCUT2D eigenvalue weighted by Gasteiger charge is 2.16. The summed E-state index contributed by atoms with van der Waals surface area (Å²) >= 11 is 3.36. The summed E-state index contributed by atoms with van der Waals surface area (Å²) in [6.07, 6.45) is 0.528. The van der Waals surface area contributed by atoms with Gasteiger partial charge < -0.3 is 9.84 Å². The molecule has 0 aliphatic heterocycles. The van der Waals surface area contributed by atoms with Crippen LogP contribution in [0.5, 0.6) is 0 Å². The first kappa shape index (κ1) is 14.7. The third kappa shape index (κ3) is 5.31. The summed E-state index contributed by atoms with van der Waals surface area (Å²) in [6.45, 7) is 1.75. The minimum absolute atomic E-state index is 0.0895. The molecule has 1 rings (SSSR count). The molecule has 1 aromatic rings. The minimum atomic E-state index is -0.987. The van der Waals surface area contributed by atoms with Gasteiger partial charge in [0, 0.05) is 10.9 Å². The number of halogens is 1. The average Bonchev–Trinajstić information content (AvgIpc) is 2.28. The molecule has 0 saturated carbocycles. The molecule has 98 valence electrons. The van der Waals surface area contributed by atoms with E-state index in [1.165, 1.54) is 6.92 Å². The lowest BCUT2D eigenvalue weighted by atomic mass is 10.1. The molecule has 0 saturated heterocycles. The molecule has 0 amide bonds. The van der Waals surface area contributed by atoms with E-state index in [-0.39, 0.29) is 13.0 Å². The monoisotopic (exact) mass is 314 g/mol. The molecule has 5 heteroatoms. The first-order valence-electron chi connectivity index (χ1n) is 5.62. The van der Waals surface area contributed by atoms with Gasteiger partial charge >= 0.3 is 11.9 Å². The van der Waals surface area contributed by atoms with Crippen LogP contribution in [0, 0.1) is 5.92 Å². The number of esters is 1. The van der Waals surface area contributed by atoms with Crippen molar-refractivity contribution in [3.8, 4) is 0 Å². The van der Waals surface area contributed by atoms with Crippen molar-refractivity contribution in [1.29, 1.82) is 0 Å². The summed E-state index contributed by atoms with van der Waals surface area (Å²) in [5.74, 6) is -2.16. The van der Waals surface area contributed by atoms with E-state index in [0.29, 0.717) is 6.42 Å². The van der Waals surface area contributed by atoms with E-state index in [1.54, 1.807) is 0 Å². The molecule has 0 spiro atoms. The Balaban J connectivity index is 2.29. The van der Waals surface area contributed by atoms with Gasteiger partial charge in [0.05, 0.1) is 18.9 Å². The van der Waals surface area contributed by atoms with Crippen molar-refractivity contribution in [2.45, 2.75) is 19.8 Å². The number of rotatable bonds is 6. The van der Waals surface area contributed by atoms with Gasteiger partial charge in [0.25, 0.3) is 0 Å². The number of carboxylic acid groups (broad SMARTS) is 1. The Morgan fingerprint density at radius 1 is 1.44 bits per heavy atom. The topological polar surface area (TPSA) is 63.6 Å².